The molecule has 14 heavy (non-hydrogen) atoms. The molecule has 0 fully saturated rings. The zero-order valence-corrected chi connectivity index (χ0v) is 10.9. The van der Waals surface area contributed by atoms with E-state index in [-0.39, 0.29) is 4.75 Å². The Morgan fingerprint density at radius 1 is 0.929 bits per heavy atom. The maximum Gasteiger partial charge on any atom is 0.0327 e. The third kappa shape index (κ3) is 1.98. The standard InChI is InChI=1S/C13H20S/c1-8-7-9(2)11(4)12(10(8)3)13(5,6)14/h7,14H,1-6H3. The van der Waals surface area contributed by atoms with Gasteiger partial charge < -0.3 is 0 Å². The molecule has 0 saturated heterocycles. The Labute approximate surface area is 93.1 Å². The summed E-state index contributed by atoms with van der Waals surface area (Å²) in [7, 11) is 0. The van der Waals surface area contributed by atoms with Crippen LogP contribution in [0, 0.1) is 27.7 Å². The number of hydrogen-bond acceptors (Lipinski definition) is 1. The number of thiol groups is 1. The van der Waals surface area contributed by atoms with Crippen LogP contribution >= 0.6 is 12.6 Å². The Morgan fingerprint density at radius 3 is 1.57 bits per heavy atom. The molecule has 0 N–H and O–H groups in total. The Hall–Kier alpha value is -0.430. The van der Waals surface area contributed by atoms with Crippen LogP contribution in [0.5, 0.6) is 0 Å². The lowest BCUT2D eigenvalue weighted by Crippen LogP contribution is -2.14. The molecule has 0 nitrogen and oxygen atoms in total. The van der Waals surface area contributed by atoms with Gasteiger partial charge in [0.2, 0.25) is 0 Å². The minimum Gasteiger partial charge on any atom is -0.168 e. The number of hydrogen-bond donors (Lipinski definition) is 1. The van der Waals surface area contributed by atoms with E-state index < -0.39 is 0 Å². The summed E-state index contributed by atoms with van der Waals surface area (Å²) in [6.45, 7) is 13.0. The summed E-state index contributed by atoms with van der Waals surface area (Å²) >= 11 is 4.68. The number of rotatable bonds is 1. The van der Waals surface area contributed by atoms with E-state index in [2.05, 4.69) is 60.2 Å². The first-order chi connectivity index (χ1) is 6.25. The topological polar surface area (TPSA) is 0 Å². The fourth-order valence-corrected chi connectivity index (χ4v) is 2.47. The third-order valence-corrected chi connectivity index (χ3v) is 3.20. The molecule has 0 bridgehead atoms. The van der Waals surface area contributed by atoms with Gasteiger partial charge in [0.25, 0.3) is 0 Å². The highest BCUT2D eigenvalue weighted by atomic mass is 32.1. The van der Waals surface area contributed by atoms with Gasteiger partial charge in [-0.05, 0) is 69.4 Å². The lowest BCUT2D eigenvalue weighted by atomic mass is 9.87. The van der Waals surface area contributed by atoms with Crippen molar-refractivity contribution in [3.8, 4) is 0 Å². The largest absolute Gasteiger partial charge is 0.168 e. The molecular weight excluding hydrogens is 188 g/mol. The van der Waals surface area contributed by atoms with Crippen LogP contribution in [-0.4, -0.2) is 0 Å². The van der Waals surface area contributed by atoms with E-state index >= 15 is 0 Å². The van der Waals surface area contributed by atoms with Crippen molar-refractivity contribution in [2.75, 3.05) is 0 Å². The van der Waals surface area contributed by atoms with Crippen molar-refractivity contribution in [2.45, 2.75) is 46.3 Å². The highest BCUT2D eigenvalue weighted by Crippen LogP contribution is 2.35. The first-order valence-electron chi connectivity index (χ1n) is 5.05. The molecular formula is C13H20S. The molecule has 0 aliphatic heterocycles. The van der Waals surface area contributed by atoms with Gasteiger partial charge in [-0.15, -0.1) is 0 Å². The van der Waals surface area contributed by atoms with Crippen LogP contribution in [0.25, 0.3) is 0 Å². The van der Waals surface area contributed by atoms with Crippen molar-refractivity contribution in [1.29, 1.82) is 0 Å². The Bertz CT molecular complexity index is 330. The molecule has 0 aliphatic rings. The van der Waals surface area contributed by atoms with Crippen LogP contribution in [0.2, 0.25) is 0 Å². The molecule has 0 saturated carbocycles. The van der Waals surface area contributed by atoms with Gasteiger partial charge >= 0.3 is 0 Å². The lowest BCUT2D eigenvalue weighted by Gasteiger charge is -2.26. The quantitative estimate of drug-likeness (QED) is 0.660. The average molecular weight is 208 g/mol. The van der Waals surface area contributed by atoms with E-state index in [1.807, 2.05) is 0 Å². The van der Waals surface area contributed by atoms with E-state index in [0.717, 1.165) is 0 Å². The minimum atomic E-state index is -0.0506. The Morgan fingerprint density at radius 2 is 1.29 bits per heavy atom. The molecule has 1 aromatic carbocycles. The molecule has 0 radical (unpaired) electrons. The molecule has 0 heterocycles. The number of benzene rings is 1. The van der Waals surface area contributed by atoms with Crippen molar-refractivity contribution in [2.24, 2.45) is 0 Å². The van der Waals surface area contributed by atoms with Gasteiger partial charge in [0.05, 0.1) is 0 Å². The number of aryl methyl sites for hydroxylation is 2. The molecule has 0 aromatic heterocycles. The van der Waals surface area contributed by atoms with Crippen LogP contribution in [0.15, 0.2) is 6.07 Å². The Kier molecular flexibility index (Phi) is 3.01. The average Bonchev–Trinajstić information content (AvgIpc) is 1.98. The molecule has 0 spiro atoms. The molecule has 1 aromatic rings. The van der Waals surface area contributed by atoms with Crippen LogP contribution < -0.4 is 0 Å². The monoisotopic (exact) mass is 208 g/mol. The predicted molar refractivity (Wildman–Crippen MR) is 67.4 cm³/mol. The summed E-state index contributed by atoms with van der Waals surface area (Å²) in [5.41, 5.74) is 6.88. The summed E-state index contributed by atoms with van der Waals surface area (Å²) in [6, 6.07) is 2.26. The minimum absolute atomic E-state index is 0.0506. The van der Waals surface area contributed by atoms with Crippen LogP contribution in [0.1, 0.15) is 41.7 Å². The third-order valence-electron chi connectivity index (χ3n) is 2.98. The van der Waals surface area contributed by atoms with Gasteiger partial charge in [0, 0.05) is 4.75 Å². The molecule has 0 amide bonds. The lowest BCUT2D eigenvalue weighted by molar-refractivity contribution is 0.771. The normalized spacial score (nSPS) is 11.9. The maximum atomic E-state index is 4.68. The van der Waals surface area contributed by atoms with E-state index in [4.69, 9.17) is 0 Å². The maximum absolute atomic E-state index is 4.68. The van der Waals surface area contributed by atoms with E-state index in [1.54, 1.807) is 0 Å². The van der Waals surface area contributed by atoms with Crippen molar-refractivity contribution < 1.29 is 0 Å². The van der Waals surface area contributed by atoms with Gasteiger partial charge in [-0.25, -0.2) is 0 Å². The summed E-state index contributed by atoms with van der Waals surface area (Å²) in [5, 5.41) is 0. The smallest absolute Gasteiger partial charge is 0.0327 e. The van der Waals surface area contributed by atoms with Gasteiger partial charge in [0.1, 0.15) is 0 Å². The predicted octanol–water partition coefficient (Wildman–Crippen LogP) is 4.09. The van der Waals surface area contributed by atoms with E-state index in [9.17, 15) is 0 Å². The van der Waals surface area contributed by atoms with Crippen molar-refractivity contribution in [1.82, 2.24) is 0 Å². The van der Waals surface area contributed by atoms with Gasteiger partial charge in [-0.2, -0.15) is 12.6 Å². The van der Waals surface area contributed by atoms with Gasteiger partial charge in [-0.3, -0.25) is 0 Å². The van der Waals surface area contributed by atoms with E-state index in [0.29, 0.717) is 0 Å². The summed E-state index contributed by atoms with van der Waals surface area (Å²) in [6.07, 6.45) is 0. The first-order valence-corrected chi connectivity index (χ1v) is 5.50. The van der Waals surface area contributed by atoms with Crippen LogP contribution in [0.3, 0.4) is 0 Å². The second-order valence-electron chi connectivity index (χ2n) is 4.69. The van der Waals surface area contributed by atoms with Gasteiger partial charge in [-0.1, -0.05) is 6.07 Å². The summed E-state index contributed by atoms with van der Waals surface area (Å²) in [4.78, 5) is 0. The van der Waals surface area contributed by atoms with Gasteiger partial charge in [0.15, 0.2) is 0 Å². The fourth-order valence-electron chi connectivity index (χ4n) is 2.13. The second kappa shape index (κ2) is 3.62. The van der Waals surface area contributed by atoms with Crippen LogP contribution in [0.4, 0.5) is 0 Å². The highest BCUT2D eigenvalue weighted by molar-refractivity contribution is 7.81. The fraction of sp³-hybridized carbons (Fsp3) is 0.538. The highest BCUT2D eigenvalue weighted by Gasteiger charge is 2.21. The van der Waals surface area contributed by atoms with Crippen molar-refractivity contribution in [3.63, 3.8) is 0 Å². The van der Waals surface area contributed by atoms with E-state index in [1.165, 1.54) is 27.8 Å². The summed E-state index contributed by atoms with van der Waals surface area (Å²) < 4.78 is -0.0506. The Balaban J connectivity index is 3.56. The molecule has 1 rings (SSSR count). The second-order valence-corrected chi connectivity index (χ2v) is 5.81. The zero-order valence-electron chi connectivity index (χ0n) is 10.0. The van der Waals surface area contributed by atoms with Crippen molar-refractivity contribution >= 4 is 12.6 Å². The van der Waals surface area contributed by atoms with Crippen molar-refractivity contribution in [3.05, 3.63) is 33.9 Å². The first kappa shape index (κ1) is 11.6. The molecule has 1 heteroatoms. The molecule has 78 valence electrons. The molecule has 0 aliphatic carbocycles. The van der Waals surface area contributed by atoms with Crippen LogP contribution in [-0.2, 0) is 4.75 Å². The molecule has 0 unspecified atom stereocenters. The SMILES string of the molecule is Cc1cc(C)c(C)c(C(C)(C)S)c1C. The molecule has 0 atom stereocenters. The zero-order chi connectivity index (χ0) is 11.1. The summed E-state index contributed by atoms with van der Waals surface area (Å²) in [5.74, 6) is 0.